The van der Waals surface area contributed by atoms with E-state index >= 15 is 0 Å². The van der Waals surface area contributed by atoms with Gasteiger partial charge in [0.15, 0.2) is 0 Å². The minimum Gasteiger partial charge on any atom is -0.463 e. The van der Waals surface area contributed by atoms with E-state index in [4.69, 9.17) is 16.3 Å². The van der Waals surface area contributed by atoms with E-state index in [2.05, 4.69) is 22.0 Å². The molecule has 0 radical (unpaired) electrons. The number of ether oxygens (including phenoxy) is 1. The van der Waals surface area contributed by atoms with Crippen LogP contribution in [0.2, 0.25) is 5.02 Å². The first-order valence-corrected chi connectivity index (χ1v) is 14.1. The van der Waals surface area contributed by atoms with Crippen molar-refractivity contribution in [2.45, 2.75) is 19.8 Å². The molecule has 4 rings (SSSR count). The SMILES string of the molecule is CCOC(=O)C1=C(c2ccccc2)NC(SCC(=O)Nc2ccc(NC(C)=O)cc2)=C(C#N)C1c1ccccc1Cl. The lowest BCUT2D eigenvalue weighted by Crippen LogP contribution is -2.30. The van der Waals surface area contributed by atoms with Crippen molar-refractivity contribution < 1.29 is 19.1 Å². The summed E-state index contributed by atoms with van der Waals surface area (Å²) in [6, 6.07) is 25.3. The molecule has 1 atom stereocenters. The fourth-order valence-corrected chi connectivity index (χ4v) is 5.44. The molecule has 208 valence electrons. The van der Waals surface area contributed by atoms with Gasteiger partial charge in [0, 0.05) is 23.3 Å². The Labute approximate surface area is 247 Å². The Hall–Kier alpha value is -4.52. The molecule has 3 aromatic carbocycles. The maximum absolute atomic E-state index is 13.4. The largest absolute Gasteiger partial charge is 0.463 e. The highest BCUT2D eigenvalue weighted by Crippen LogP contribution is 2.45. The molecule has 0 saturated heterocycles. The number of hydrogen-bond donors (Lipinski definition) is 3. The average molecular weight is 587 g/mol. The van der Waals surface area contributed by atoms with Crippen LogP contribution in [0.5, 0.6) is 0 Å². The molecule has 10 heteroatoms. The lowest BCUT2D eigenvalue weighted by Gasteiger charge is -2.31. The van der Waals surface area contributed by atoms with E-state index in [0.717, 1.165) is 11.8 Å². The molecule has 1 heterocycles. The van der Waals surface area contributed by atoms with Crippen LogP contribution in [0.15, 0.2) is 95.0 Å². The van der Waals surface area contributed by atoms with Crippen LogP contribution in [0.3, 0.4) is 0 Å². The molecule has 0 bridgehead atoms. The molecular weight excluding hydrogens is 560 g/mol. The first-order chi connectivity index (χ1) is 19.8. The maximum Gasteiger partial charge on any atom is 0.337 e. The van der Waals surface area contributed by atoms with Gasteiger partial charge in [-0.25, -0.2) is 4.79 Å². The smallest absolute Gasteiger partial charge is 0.337 e. The summed E-state index contributed by atoms with van der Waals surface area (Å²) in [4.78, 5) is 37.5. The molecule has 1 aliphatic rings. The van der Waals surface area contributed by atoms with Crippen LogP contribution in [0.25, 0.3) is 5.70 Å². The van der Waals surface area contributed by atoms with Gasteiger partial charge in [-0.3, -0.25) is 9.59 Å². The summed E-state index contributed by atoms with van der Waals surface area (Å²) >= 11 is 7.75. The van der Waals surface area contributed by atoms with Crippen LogP contribution in [-0.2, 0) is 19.1 Å². The van der Waals surface area contributed by atoms with Gasteiger partial charge in [-0.05, 0) is 48.4 Å². The first-order valence-electron chi connectivity index (χ1n) is 12.7. The number of anilines is 2. The molecular formula is C31H27ClN4O4S. The van der Waals surface area contributed by atoms with Gasteiger partial charge in [-0.15, -0.1) is 0 Å². The number of esters is 1. The number of amides is 2. The zero-order valence-corrected chi connectivity index (χ0v) is 23.9. The molecule has 3 aromatic rings. The molecule has 0 aromatic heterocycles. The van der Waals surface area contributed by atoms with Crippen molar-refractivity contribution >= 4 is 58.2 Å². The number of dihydropyridines is 1. The Morgan fingerprint density at radius 2 is 1.61 bits per heavy atom. The third-order valence-corrected chi connectivity index (χ3v) is 7.42. The number of nitriles is 1. The quantitative estimate of drug-likeness (QED) is 0.260. The Morgan fingerprint density at radius 3 is 2.22 bits per heavy atom. The number of nitrogens with zero attached hydrogens (tertiary/aromatic N) is 1. The fourth-order valence-electron chi connectivity index (χ4n) is 4.35. The summed E-state index contributed by atoms with van der Waals surface area (Å²) in [5.41, 5.74) is 3.44. The van der Waals surface area contributed by atoms with Gasteiger partial charge in [0.1, 0.15) is 0 Å². The van der Waals surface area contributed by atoms with Crippen molar-refractivity contribution in [3.63, 3.8) is 0 Å². The molecule has 2 amide bonds. The van der Waals surface area contributed by atoms with Gasteiger partial charge in [0.2, 0.25) is 11.8 Å². The number of hydrogen-bond acceptors (Lipinski definition) is 7. The first kappa shape index (κ1) is 29.5. The molecule has 0 fully saturated rings. The Morgan fingerprint density at radius 1 is 0.976 bits per heavy atom. The zero-order chi connectivity index (χ0) is 29.4. The number of carbonyl (C=O) groups is 3. The van der Waals surface area contributed by atoms with E-state index in [9.17, 15) is 19.6 Å². The standard InChI is InChI=1S/C31H27ClN4O4S/c1-3-40-31(39)28-27(23-11-7-8-12-25(23)32)24(17-33)30(36-29(28)20-9-5-4-6-10-20)41-18-26(38)35-22-15-13-21(14-16-22)34-19(2)37/h4-16,27,36H,3,18H2,1-2H3,(H,34,37)(H,35,38). The van der Waals surface area contributed by atoms with Gasteiger partial charge in [0.25, 0.3) is 0 Å². The predicted molar refractivity (Wildman–Crippen MR) is 162 cm³/mol. The van der Waals surface area contributed by atoms with Gasteiger partial charge in [-0.2, -0.15) is 5.26 Å². The van der Waals surface area contributed by atoms with E-state index in [1.165, 1.54) is 6.92 Å². The molecule has 0 spiro atoms. The van der Waals surface area contributed by atoms with Gasteiger partial charge in [0.05, 0.1) is 46.2 Å². The highest BCUT2D eigenvalue weighted by atomic mass is 35.5. The maximum atomic E-state index is 13.4. The molecule has 0 aliphatic carbocycles. The van der Waals surface area contributed by atoms with Crippen molar-refractivity contribution in [3.05, 3.63) is 111 Å². The van der Waals surface area contributed by atoms with Crippen LogP contribution < -0.4 is 16.0 Å². The number of allylic oxidation sites excluding steroid dienone is 1. The molecule has 3 N–H and O–H groups in total. The zero-order valence-electron chi connectivity index (χ0n) is 22.4. The van der Waals surface area contributed by atoms with Crippen molar-refractivity contribution in [1.29, 1.82) is 5.26 Å². The molecule has 0 saturated carbocycles. The lowest BCUT2D eigenvalue weighted by atomic mass is 9.81. The van der Waals surface area contributed by atoms with Crippen LogP contribution in [0, 0.1) is 11.3 Å². The summed E-state index contributed by atoms with van der Waals surface area (Å²) in [6.07, 6.45) is 0. The summed E-state index contributed by atoms with van der Waals surface area (Å²) in [5, 5.41) is 19.9. The van der Waals surface area contributed by atoms with Crippen molar-refractivity contribution in [1.82, 2.24) is 5.32 Å². The number of thioether (sulfide) groups is 1. The minimum absolute atomic E-state index is 0.0208. The second kappa shape index (κ2) is 13.7. The van der Waals surface area contributed by atoms with Crippen molar-refractivity contribution in [3.8, 4) is 6.07 Å². The number of carbonyl (C=O) groups excluding carboxylic acids is 3. The van der Waals surface area contributed by atoms with Crippen LogP contribution >= 0.6 is 23.4 Å². The highest BCUT2D eigenvalue weighted by Gasteiger charge is 2.38. The third-order valence-electron chi connectivity index (χ3n) is 6.06. The molecule has 8 nitrogen and oxygen atoms in total. The molecule has 41 heavy (non-hydrogen) atoms. The summed E-state index contributed by atoms with van der Waals surface area (Å²) in [5.74, 6) is -1.90. The summed E-state index contributed by atoms with van der Waals surface area (Å²) in [7, 11) is 0. The number of nitrogens with one attached hydrogen (secondary N) is 3. The number of rotatable bonds is 9. The van der Waals surface area contributed by atoms with E-state index in [1.807, 2.05) is 30.3 Å². The molecule has 1 aliphatic heterocycles. The van der Waals surface area contributed by atoms with E-state index in [1.54, 1.807) is 55.5 Å². The van der Waals surface area contributed by atoms with Crippen molar-refractivity contribution in [2.24, 2.45) is 0 Å². The van der Waals surface area contributed by atoms with Gasteiger partial charge < -0.3 is 20.7 Å². The lowest BCUT2D eigenvalue weighted by molar-refractivity contribution is -0.138. The second-order valence-electron chi connectivity index (χ2n) is 8.90. The van der Waals surface area contributed by atoms with Crippen molar-refractivity contribution in [2.75, 3.05) is 23.0 Å². The minimum atomic E-state index is -0.823. The van der Waals surface area contributed by atoms with Crippen LogP contribution in [0.1, 0.15) is 30.9 Å². The topological polar surface area (TPSA) is 120 Å². The second-order valence-corrected chi connectivity index (χ2v) is 10.3. The number of halogens is 1. The monoisotopic (exact) mass is 586 g/mol. The summed E-state index contributed by atoms with van der Waals surface area (Å²) < 4.78 is 5.44. The third kappa shape index (κ3) is 7.17. The Bertz CT molecular complexity index is 1560. The van der Waals surface area contributed by atoms with Crippen LogP contribution in [0.4, 0.5) is 11.4 Å². The fraction of sp³-hybridized carbons (Fsp3) is 0.161. The summed E-state index contributed by atoms with van der Waals surface area (Å²) in [6.45, 7) is 3.29. The van der Waals surface area contributed by atoms with E-state index in [-0.39, 0.29) is 35.3 Å². The van der Waals surface area contributed by atoms with Gasteiger partial charge in [-0.1, -0.05) is 71.9 Å². The highest BCUT2D eigenvalue weighted by molar-refractivity contribution is 8.03. The Balaban J connectivity index is 1.69. The molecule has 1 unspecified atom stereocenters. The van der Waals surface area contributed by atoms with Crippen LogP contribution in [-0.4, -0.2) is 30.1 Å². The van der Waals surface area contributed by atoms with E-state index < -0.39 is 11.9 Å². The van der Waals surface area contributed by atoms with Gasteiger partial charge >= 0.3 is 5.97 Å². The average Bonchev–Trinajstić information content (AvgIpc) is 2.97. The number of benzene rings is 3. The normalized spacial score (nSPS) is 14.5. The predicted octanol–water partition coefficient (Wildman–Crippen LogP) is 6.07. The Kier molecular flexibility index (Phi) is 9.85. The van der Waals surface area contributed by atoms with E-state index in [0.29, 0.717) is 38.3 Å².